The van der Waals surface area contributed by atoms with Crippen molar-refractivity contribution in [2.45, 2.75) is 0 Å². The molecule has 0 unspecified atom stereocenters. The maximum absolute atomic E-state index is 12.1. The number of methoxy groups -OCH3 is 1. The number of morpholine rings is 1. The van der Waals surface area contributed by atoms with Crippen molar-refractivity contribution in [2.75, 3.05) is 45.3 Å². The topological polar surface area (TPSA) is 80.8 Å². The summed E-state index contributed by atoms with van der Waals surface area (Å²) in [6.45, 7) is 2.93. The molecule has 1 N–H and O–H groups in total. The van der Waals surface area contributed by atoms with E-state index >= 15 is 0 Å². The van der Waals surface area contributed by atoms with E-state index in [1.807, 2.05) is 4.90 Å². The van der Waals surface area contributed by atoms with E-state index in [0.29, 0.717) is 36.5 Å². The zero-order chi connectivity index (χ0) is 15.2. The van der Waals surface area contributed by atoms with Crippen LogP contribution in [0.15, 0.2) is 16.7 Å². The van der Waals surface area contributed by atoms with Crippen LogP contribution in [0.2, 0.25) is 0 Å². The summed E-state index contributed by atoms with van der Waals surface area (Å²) in [5.41, 5.74) is 0.408. The molecule has 1 aliphatic rings. The third-order valence-corrected chi connectivity index (χ3v) is 3.41. The summed E-state index contributed by atoms with van der Waals surface area (Å²) in [4.78, 5) is 29.7. The van der Waals surface area contributed by atoms with Gasteiger partial charge in [0.2, 0.25) is 5.91 Å². The summed E-state index contributed by atoms with van der Waals surface area (Å²) in [7, 11) is 1.27. The number of rotatable bonds is 4. The standard InChI is InChI=1S/C13H16BrN3O4/c1-20-13(19)12-10(6-9(14)7-15-12)16-11(18)8-17-2-4-21-5-3-17/h6-7H,2-5,8H2,1H3,(H,16,18). The van der Waals surface area contributed by atoms with Gasteiger partial charge in [-0.3, -0.25) is 9.69 Å². The van der Waals surface area contributed by atoms with Gasteiger partial charge in [0.1, 0.15) is 0 Å². The van der Waals surface area contributed by atoms with Crippen molar-refractivity contribution in [2.24, 2.45) is 0 Å². The molecule has 2 heterocycles. The van der Waals surface area contributed by atoms with Crippen molar-refractivity contribution in [3.05, 3.63) is 22.4 Å². The highest BCUT2D eigenvalue weighted by Crippen LogP contribution is 2.19. The minimum absolute atomic E-state index is 0.0797. The highest BCUT2D eigenvalue weighted by atomic mass is 79.9. The largest absolute Gasteiger partial charge is 0.464 e. The second-order valence-electron chi connectivity index (χ2n) is 4.48. The van der Waals surface area contributed by atoms with E-state index in [1.165, 1.54) is 13.3 Å². The Kier molecular flexibility index (Phi) is 5.66. The van der Waals surface area contributed by atoms with Gasteiger partial charge >= 0.3 is 5.97 Å². The fraction of sp³-hybridized carbons (Fsp3) is 0.462. The molecule has 1 aromatic heterocycles. The van der Waals surface area contributed by atoms with Crippen molar-refractivity contribution in [1.29, 1.82) is 0 Å². The Morgan fingerprint density at radius 2 is 2.19 bits per heavy atom. The number of hydrogen-bond donors (Lipinski definition) is 1. The Morgan fingerprint density at radius 1 is 1.48 bits per heavy atom. The van der Waals surface area contributed by atoms with Gasteiger partial charge in [-0.15, -0.1) is 0 Å². The first-order valence-electron chi connectivity index (χ1n) is 6.44. The molecule has 21 heavy (non-hydrogen) atoms. The molecule has 0 bridgehead atoms. The molecule has 1 amide bonds. The van der Waals surface area contributed by atoms with E-state index in [1.54, 1.807) is 6.07 Å². The number of esters is 1. The number of nitrogens with zero attached hydrogens (tertiary/aromatic N) is 2. The van der Waals surface area contributed by atoms with E-state index in [-0.39, 0.29) is 18.1 Å². The summed E-state index contributed by atoms with van der Waals surface area (Å²) in [6.07, 6.45) is 1.48. The molecule has 1 aromatic rings. The predicted molar refractivity (Wildman–Crippen MR) is 79.2 cm³/mol. The molecule has 1 saturated heterocycles. The van der Waals surface area contributed by atoms with Gasteiger partial charge in [0.05, 0.1) is 32.6 Å². The van der Waals surface area contributed by atoms with Crippen LogP contribution >= 0.6 is 15.9 Å². The van der Waals surface area contributed by atoms with Crippen LogP contribution in [0.25, 0.3) is 0 Å². The third-order valence-electron chi connectivity index (χ3n) is 2.98. The first kappa shape index (κ1) is 15.9. The minimum Gasteiger partial charge on any atom is -0.464 e. The Hall–Kier alpha value is -1.51. The van der Waals surface area contributed by atoms with Gasteiger partial charge in [0.25, 0.3) is 0 Å². The number of amides is 1. The number of hydrogen-bond acceptors (Lipinski definition) is 6. The highest BCUT2D eigenvalue weighted by Gasteiger charge is 2.18. The average Bonchev–Trinajstić information content (AvgIpc) is 2.47. The summed E-state index contributed by atoms with van der Waals surface area (Å²) >= 11 is 3.26. The second kappa shape index (κ2) is 7.48. The van der Waals surface area contributed by atoms with Gasteiger partial charge in [0, 0.05) is 23.8 Å². The number of anilines is 1. The molecule has 8 heteroatoms. The van der Waals surface area contributed by atoms with Gasteiger partial charge < -0.3 is 14.8 Å². The fourth-order valence-electron chi connectivity index (χ4n) is 1.95. The van der Waals surface area contributed by atoms with E-state index in [2.05, 4.69) is 31.0 Å². The molecule has 1 aliphatic heterocycles. The second-order valence-corrected chi connectivity index (χ2v) is 5.39. The monoisotopic (exact) mass is 357 g/mol. The van der Waals surface area contributed by atoms with E-state index in [9.17, 15) is 9.59 Å². The van der Waals surface area contributed by atoms with Crippen LogP contribution in [-0.2, 0) is 14.3 Å². The Balaban J connectivity index is 2.05. The minimum atomic E-state index is -0.593. The third kappa shape index (κ3) is 4.48. The summed E-state index contributed by atoms with van der Waals surface area (Å²) in [5.74, 6) is -0.800. The molecule has 0 aromatic carbocycles. The van der Waals surface area contributed by atoms with Crippen LogP contribution in [0.5, 0.6) is 0 Å². The van der Waals surface area contributed by atoms with Crippen LogP contribution in [0.1, 0.15) is 10.5 Å². The van der Waals surface area contributed by atoms with E-state index < -0.39 is 5.97 Å². The molecular formula is C13H16BrN3O4. The van der Waals surface area contributed by atoms with Crippen molar-refractivity contribution < 1.29 is 19.1 Å². The van der Waals surface area contributed by atoms with Crippen LogP contribution in [0, 0.1) is 0 Å². The van der Waals surface area contributed by atoms with E-state index in [4.69, 9.17) is 4.74 Å². The Labute approximate surface area is 130 Å². The lowest BCUT2D eigenvalue weighted by Gasteiger charge is -2.25. The van der Waals surface area contributed by atoms with Crippen LogP contribution in [0.4, 0.5) is 5.69 Å². The van der Waals surface area contributed by atoms with Crippen molar-refractivity contribution in [3.63, 3.8) is 0 Å². The Bertz CT molecular complexity index is 532. The first-order valence-corrected chi connectivity index (χ1v) is 7.23. The number of carbonyl (C=O) groups is 2. The molecule has 0 radical (unpaired) electrons. The molecule has 7 nitrogen and oxygen atoms in total. The molecular weight excluding hydrogens is 342 g/mol. The average molecular weight is 358 g/mol. The number of ether oxygens (including phenoxy) is 2. The fourth-order valence-corrected chi connectivity index (χ4v) is 2.28. The molecule has 2 rings (SSSR count). The van der Waals surface area contributed by atoms with E-state index in [0.717, 1.165) is 0 Å². The van der Waals surface area contributed by atoms with Gasteiger partial charge in [-0.05, 0) is 22.0 Å². The zero-order valence-electron chi connectivity index (χ0n) is 11.6. The van der Waals surface area contributed by atoms with Gasteiger partial charge in [-0.2, -0.15) is 0 Å². The van der Waals surface area contributed by atoms with Crippen molar-refractivity contribution in [3.8, 4) is 0 Å². The first-order chi connectivity index (χ1) is 10.1. The number of pyridine rings is 1. The zero-order valence-corrected chi connectivity index (χ0v) is 13.2. The van der Waals surface area contributed by atoms with Crippen molar-refractivity contribution >= 4 is 33.5 Å². The smallest absolute Gasteiger partial charge is 0.358 e. The van der Waals surface area contributed by atoms with Crippen LogP contribution < -0.4 is 5.32 Å². The number of aromatic nitrogens is 1. The summed E-state index contributed by atoms with van der Waals surface area (Å²) in [6, 6.07) is 1.62. The molecule has 1 fully saturated rings. The molecule has 0 saturated carbocycles. The lowest BCUT2D eigenvalue weighted by Crippen LogP contribution is -2.41. The Morgan fingerprint density at radius 3 is 2.86 bits per heavy atom. The maximum Gasteiger partial charge on any atom is 0.358 e. The SMILES string of the molecule is COC(=O)c1ncc(Br)cc1NC(=O)CN1CCOCC1. The van der Waals surface area contributed by atoms with Crippen molar-refractivity contribution in [1.82, 2.24) is 9.88 Å². The number of halogens is 1. The number of nitrogens with one attached hydrogen (secondary N) is 1. The lowest BCUT2D eigenvalue weighted by atomic mass is 10.3. The van der Waals surface area contributed by atoms with Gasteiger partial charge in [-0.25, -0.2) is 9.78 Å². The molecule has 0 aliphatic carbocycles. The highest BCUT2D eigenvalue weighted by molar-refractivity contribution is 9.10. The summed E-state index contributed by atoms with van der Waals surface area (Å²) < 4.78 is 10.5. The van der Waals surface area contributed by atoms with Gasteiger partial charge in [0.15, 0.2) is 5.69 Å². The number of carbonyl (C=O) groups excluding carboxylic acids is 2. The van der Waals surface area contributed by atoms with Crippen LogP contribution in [0.3, 0.4) is 0 Å². The summed E-state index contributed by atoms with van der Waals surface area (Å²) in [5, 5.41) is 2.70. The van der Waals surface area contributed by atoms with Crippen LogP contribution in [-0.4, -0.2) is 61.7 Å². The lowest BCUT2D eigenvalue weighted by molar-refractivity contribution is -0.118. The molecule has 114 valence electrons. The molecule has 0 atom stereocenters. The maximum atomic E-state index is 12.1. The quantitative estimate of drug-likeness (QED) is 0.806. The molecule has 0 spiro atoms. The van der Waals surface area contributed by atoms with Gasteiger partial charge in [-0.1, -0.05) is 0 Å². The normalized spacial score (nSPS) is 15.5. The predicted octanol–water partition coefficient (Wildman–Crippen LogP) is 0.901.